The molecule has 5 rings (SSSR count). The van der Waals surface area contributed by atoms with Crippen LogP contribution in [0.3, 0.4) is 0 Å². The standard InChI is InChI=1S/C24H26F3N5O4/c1-34-19-12-15(23(33)32-6-10-36-11-7-32)2-3-17(19)29-20-13-18(31-4-8-35-9-5-31)21-16(24(25,26)27)14-28-22(21)30-20/h2-3,12-14H,4-11H2,1H3,(H2,28,29,30). The van der Waals surface area contributed by atoms with Gasteiger partial charge in [-0.2, -0.15) is 13.2 Å². The number of alkyl halides is 3. The zero-order chi connectivity index (χ0) is 25.3. The average Bonchev–Trinajstić information content (AvgIpc) is 3.34. The summed E-state index contributed by atoms with van der Waals surface area (Å²) in [4.78, 5) is 23.5. The number of carbonyl (C=O) groups is 1. The van der Waals surface area contributed by atoms with Gasteiger partial charge in [-0.15, -0.1) is 0 Å². The molecule has 1 amide bonds. The molecular formula is C24H26F3N5O4. The van der Waals surface area contributed by atoms with E-state index in [4.69, 9.17) is 14.2 Å². The number of anilines is 3. The van der Waals surface area contributed by atoms with Crippen LogP contribution in [0.25, 0.3) is 11.0 Å². The predicted octanol–water partition coefficient (Wildman–Crippen LogP) is 3.64. The van der Waals surface area contributed by atoms with Crippen LogP contribution in [0.4, 0.5) is 30.4 Å². The summed E-state index contributed by atoms with van der Waals surface area (Å²) in [6, 6.07) is 6.62. The van der Waals surface area contributed by atoms with E-state index in [1.807, 2.05) is 4.90 Å². The maximum atomic E-state index is 13.7. The van der Waals surface area contributed by atoms with Crippen LogP contribution in [0.5, 0.6) is 5.75 Å². The van der Waals surface area contributed by atoms with Crippen molar-refractivity contribution >= 4 is 34.1 Å². The van der Waals surface area contributed by atoms with Gasteiger partial charge in [0.2, 0.25) is 0 Å². The molecule has 12 heteroatoms. The third-order valence-electron chi connectivity index (χ3n) is 6.29. The fourth-order valence-electron chi connectivity index (χ4n) is 4.47. The number of halogens is 3. The second-order valence-corrected chi connectivity index (χ2v) is 8.49. The molecule has 4 heterocycles. The number of hydrogen-bond donors (Lipinski definition) is 2. The lowest BCUT2D eigenvalue weighted by molar-refractivity contribution is -0.136. The van der Waals surface area contributed by atoms with Crippen molar-refractivity contribution in [1.82, 2.24) is 14.9 Å². The molecule has 0 spiro atoms. The summed E-state index contributed by atoms with van der Waals surface area (Å²) in [5.41, 5.74) is 0.764. The van der Waals surface area contributed by atoms with Crippen molar-refractivity contribution in [1.29, 1.82) is 0 Å². The molecule has 0 bridgehead atoms. The van der Waals surface area contributed by atoms with Crippen molar-refractivity contribution in [3.8, 4) is 5.75 Å². The van der Waals surface area contributed by atoms with Gasteiger partial charge < -0.3 is 34.3 Å². The maximum absolute atomic E-state index is 13.7. The monoisotopic (exact) mass is 505 g/mol. The molecule has 3 aromatic rings. The van der Waals surface area contributed by atoms with Gasteiger partial charge in [0.15, 0.2) is 0 Å². The normalized spacial score (nSPS) is 16.9. The van der Waals surface area contributed by atoms with E-state index in [2.05, 4.69) is 15.3 Å². The zero-order valence-electron chi connectivity index (χ0n) is 19.7. The van der Waals surface area contributed by atoms with Crippen molar-refractivity contribution in [2.45, 2.75) is 6.18 Å². The maximum Gasteiger partial charge on any atom is 0.418 e. The zero-order valence-corrected chi connectivity index (χ0v) is 19.7. The number of H-pyrrole nitrogens is 1. The fraction of sp³-hybridized carbons (Fsp3) is 0.417. The highest BCUT2D eigenvalue weighted by molar-refractivity contribution is 5.97. The number of benzene rings is 1. The van der Waals surface area contributed by atoms with Crippen LogP contribution in [0.1, 0.15) is 15.9 Å². The SMILES string of the molecule is COc1cc(C(=O)N2CCOCC2)ccc1Nc1cc(N2CCOCC2)c2c(C(F)(F)F)c[nH]c2n1. The Bertz CT molecular complexity index is 1250. The van der Waals surface area contributed by atoms with Crippen LogP contribution in [-0.2, 0) is 15.7 Å². The van der Waals surface area contributed by atoms with Crippen LogP contribution in [0, 0.1) is 0 Å². The highest BCUT2D eigenvalue weighted by Gasteiger charge is 2.36. The van der Waals surface area contributed by atoms with Crippen molar-refractivity contribution < 1.29 is 32.2 Å². The molecule has 2 fully saturated rings. The lowest BCUT2D eigenvalue weighted by atomic mass is 10.1. The Hall–Kier alpha value is -3.51. The van der Waals surface area contributed by atoms with Gasteiger partial charge in [0.25, 0.3) is 5.91 Å². The van der Waals surface area contributed by atoms with E-state index < -0.39 is 11.7 Å². The Balaban J connectivity index is 1.49. The predicted molar refractivity (Wildman–Crippen MR) is 127 cm³/mol. The summed E-state index contributed by atoms with van der Waals surface area (Å²) in [7, 11) is 1.49. The second kappa shape index (κ2) is 9.86. The molecule has 1 aromatic carbocycles. The number of aromatic nitrogens is 2. The molecule has 0 radical (unpaired) electrons. The molecule has 9 nitrogen and oxygen atoms in total. The molecule has 0 aliphatic carbocycles. The van der Waals surface area contributed by atoms with E-state index in [-0.39, 0.29) is 16.9 Å². The van der Waals surface area contributed by atoms with Crippen LogP contribution >= 0.6 is 0 Å². The molecule has 0 unspecified atom stereocenters. The van der Waals surface area contributed by atoms with Crippen molar-refractivity contribution in [3.63, 3.8) is 0 Å². The van der Waals surface area contributed by atoms with Gasteiger partial charge in [-0.1, -0.05) is 0 Å². The van der Waals surface area contributed by atoms with Crippen LogP contribution in [0.2, 0.25) is 0 Å². The number of rotatable bonds is 5. The Morgan fingerprint density at radius 3 is 2.44 bits per heavy atom. The van der Waals surface area contributed by atoms with Crippen molar-refractivity contribution in [3.05, 3.63) is 41.6 Å². The molecule has 0 atom stereocenters. The summed E-state index contributed by atoms with van der Waals surface area (Å²) in [5.74, 6) is 0.625. The van der Waals surface area contributed by atoms with Crippen molar-refractivity contribution in [2.24, 2.45) is 0 Å². The number of morpholine rings is 2. The Morgan fingerprint density at radius 2 is 1.78 bits per heavy atom. The Kier molecular flexibility index (Phi) is 6.63. The number of aromatic amines is 1. The average molecular weight is 505 g/mol. The van der Waals surface area contributed by atoms with Crippen LogP contribution in [-0.4, -0.2) is 80.5 Å². The van der Waals surface area contributed by atoms with E-state index >= 15 is 0 Å². The van der Waals surface area contributed by atoms with E-state index in [1.165, 1.54) is 7.11 Å². The van der Waals surface area contributed by atoms with Gasteiger partial charge in [0, 0.05) is 44.0 Å². The van der Waals surface area contributed by atoms with Crippen molar-refractivity contribution in [2.75, 3.05) is 69.9 Å². The molecule has 0 saturated carbocycles. The molecular weight excluding hydrogens is 479 g/mol. The number of carbonyl (C=O) groups excluding carboxylic acids is 1. The first-order chi connectivity index (χ1) is 17.3. The van der Waals surface area contributed by atoms with E-state index in [0.717, 1.165) is 6.20 Å². The van der Waals surface area contributed by atoms with Crippen LogP contribution < -0.4 is 15.0 Å². The summed E-state index contributed by atoms with van der Waals surface area (Å²) >= 11 is 0. The summed E-state index contributed by atoms with van der Waals surface area (Å²) < 4.78 is 57.4. The number of nitrogens with one attached hydrogen (secondary N) is 2. The quantitative estimate of drug-likeness (QED) is 0.547. The number of pyridine rings is 1. The molecule has 2 aromatic heterocycles. The first-order valence-electron chi connectivity index (χ1n) is 11.6. The molecule has 192 valence electrons. The first kappa shape index (κ1) is 24.2. The van der Waals surface area contributed by atoms with E-state index in [9.17, 15) is 18.0 Å². The topological polar surface area (TPSA) is 92.0 Å². The number of nitrogens with zero attached hydrogens (tertiary/aromatic N) is 3. The number of ether oxygens (including phenoxy) is 3. The number of hydrogen-bond acceptors (Lipinski definition) is 7. The molecule has 2 N–H and O–H groups in total. The first-order valence-corrected chi connectivity index (χ1v) is 11.6. The minimum atomic E-state index is -4.53. The van der Waals surface area contributed by atoms with E-state index in [1.54, 1.807) is 29.2 Å². The van der Waals surface area contributed by atoms with E-state index in [0.29, 0.717) is 81.1 Å². The summed E-state index contributed by atoms with van der Waals surface area (Å²) in [5, 5.41) is 3.17. The number of fused-ring (bicyclic) bond motifs is 1. The number of amides is 1. The lowest BCUT2D eigenvalue weighted by Gasteiger charge is -2.30. The van der Waals surface area contributed by atoms with Gasteiger partial charge in [0.1, 0.15) is 17.2 Å². The lowest BCUT2D eigenvalue weighted by Crippen LogP contribution is -2.40. The minimum Gasteiger partial charge on any atom is -0.495 e. The summed E-state index contributed by atoms with van der Waals surface area (Å²) in [6.07, 6.45) is -3.58. The van der Waals surface area contributed by atoms with Gasteiger partial charge in [0.05, 0.1) is 55.9 Å². The largest absolute Gasteiger partial charge is 0.495 e. The molecule has 2 aliphatic rings. The van der Waals surface area contributed by atoms with Gasteiger partial charge >= 0.3 is 6.18 Å². The smallest absolute Gasteiger partial charge is 0.418 e. The molecule has 2 saturated heterocycles. The second-order valence-electron chi connectivity index (χ2n) is 8.49. The molecule has 2 aliphatic heterocycles. The van der Waals surface area contributed by atoms with Gasteiger partial charge in [-0.25, -0.2) is 4.98 Å². The molecule has 36 heavy (non-hydrogen) atoms. The number of methoxy groups -OCH3 is 1. The minimum absolute atomic E-state index is 0.0216. The fourth-order valence-corrected chi connectivity index (χ4v) is 4.47. The third-order valence-corrected chi connectivity index (χ3v) is 6.29. The van der Waals surface area contributed by atoms with Gasteiger partial charge in [-0.3, -0.25) is 4.79 Å². The highest BCUT2D eigenvalue weighted by Crippen LogP contribution is 2.41. The van der Waals surface area contributed by atoms with Crippen LogP contribution in [0.15, 0.2) is 30.5 Å². The Labute approximate surface area is 205 Å². The third kappa shape index (κ3) is 4.78. The van der Waals surface area contributed by atoms with Gasteiger partial charge in [-0.05, 0) is 18.2 Å². The summed E-state index contributed by atoms with van der Waals surface area (Å²) in [6.45, 7) is 3.80. The Morgan fingerprint density at radius 1 is 1.08 bits per heavy atom. The highest BCUT2D eigenvalue weighted by atomic mass is 19.4.